The molecule has 10 nitrogen and oxygen atoms in total. The molecule has 232 valence electrons. The molecule has 2 aromatic heterocycles. The van der Waals surface area contributed by atoms with E-state index in [1.165, 1.54) is 25.3 Å². The van der Waals surface area contributed by atoms with Gasteiger partial charge in [-0.3, -0.25) is 9.59 Å². The minimum Gasteiger partial charge on any atom is -0.478 e. The first-order valence-corrected chi connectivity index (χ1v) is 15.6. The number of benzene rings is 2. The summed E-state index contributed by atoms with van der Waals surface area (Å²) in [6, 6.07) is 18.3. The van der Waals surface area contributed by atoms with Gasteiger partial charge in [0.15, 0.2) is 5.82 Å². The summed E-state index contributed by atoms with van der Waals surface area (Å²) in [5.74, 6) is -0.500. The molecule has 0 unspecified atom stereocenters. The highest BCUT2D eigenvalue weighted by Crippen LogP contribution is 2.38. The Hall–Kier alpha value is -4.83. The summed E-state index contributed by atoms with van der Waals surface area (Å²) < 4.78 is 1.94. The quantitative estimate of drug-likeness (QED) is 0.229. The van der Waals surface area contributed by atoms with E-state index in [-0.39, 0.29) is 11.8 Å². The Morgan fingerprint density at radius 1 is 0.978 bits per heavy atom. The number of piperidine rings is 1. The summed E-state index contributed by atoms with van der Waals surface area (Å²) in [6.45, 7) is 1.32. The predicted molar refractivity (Wildman–Crippen MR) is 173 cm³/mol. The molecule has 3 N–H and O–H groups in total. The van der Waals surface area contributed by atoms with Crippen molar-refractivity contribution >= 4 is 40.4 Å². The smallest absolute Gasteiger partial charge is 0.328 e. The number of rotatable bonds is 8. The number of carbonyl (C=O) groups is 3. The van der Waals surface area contributed by atoms with Gasteiger partial charge >= 0.3 is 5.97 Å². The molecule has 0 radical (unpaired) electrons. The van der Waals surface area contributed by atoms with Gasteiger partial charge in [0.25, 0.3) is 5.91 Å². The van der Waals surface area contributed by atoms with Crippen LogP contribution in [0.5, 0.6) is 0 Å². The van der Waals surface area contributed by atoms with E-state index < -0.39 is 11.5 Å². The zero-order valence-electron chi connectivity index (χ0n) is 25.4. The van der Waals surface area contributed by atoms with Crippen LogP contribution in [0.3, 0.4) is 0 Å². The number of aromatic nitrogens is 3. The molecule has 0 atom stereocenters. The van der Waals surface area contributed by atoms with E-state index in [1.54, 1.807) is 30.5 Å². The lowest BCUT2D eigenvalue weighted by Gasteiger charge is -2.40. The Labute approximate surface area is 262 Å². The van der Waals surface area contributed by atoms with Gasteiger partial charge in [0, 0.05) is 47.9 Å². The Morgan fingerprint density at radius 3 is 2.42 bits per heavy atom. The van der Waals surface area contributed by atoms with Gasteiger partial charge in [0.2, 0.25) is 5.91 Å². The lowest BCUT2D eigenvalue weighted by molar-refractivity contribution is -0.131. The van der Waals surface area contributed by atoms with Gasteiger partial charge in [-0.2, -0.15) is 5.10 Å². The van der Waals surface area contributed by atoms with E-state index in [0.29, 0.717) is 48.7 Å². The van der Waals surface area contributed by atoms with E-state index in [2.05, 4.69) is 20.5 Å². The molecule has 0 spiro atoms. The van der Waals surface area contributed by atoms with Crippen LogP contribution in [0.15, 0.2) is 72.9 Å². The van der Waals surface area contributed by atoms with Crippen molar-refractivity contribution in [2.75, 3.05) is 25.5 Å². The zero-order valence-corrected chi connectivity index (χ0v) is 25.4. The highest BCUT2D eigenvalue weighted by molar-refractivity contribution is 6.05. The molecule has 2 fully saturated rings. The van der Waals surface area contributed by atoms with Crippen LogP contribution in [-0.4, -0.2) is 68.2 Å². The number of hydrogen-bond acceptors (Lipinski definition) is 6. The number of hydrogen-bond donors (Lipinski definition) is 3. The van der Waals surface area contributed by atoms with Crippen LogP contribution < -0.4 is 10.6 Å². The SMILES string of the molecule is CN1CCC(NC(=O)c2ccc3c(C4CCCCC4)n(-c4ccccn4)nc3c2)(C(=O)Nc2ccc(C=CC(=O)O)cc2)CC1. The number of amides is 2. The monoisotopic (exact) mass is 606 g/mol. The molecular weight excluding hydrogens is 568 g/mol. The lowest BCUT2D eigenvalue weighted by atomic mass is 9.85. The zero-order chi connectivity index (χ0) is 31.4. The number of aliphatic carboxylic acids is 1. The number of anilines is 1. The average Bonchev–Trinajstić information content (AvgIpc) is 3.45. The molecule has 2 amide bonds. The first kappa shape index (κ1) is 30.2. The van der Waals surface area contributed by atoms with Gasteiger partial charge in [-0.25, -0.2) is 14.5 Å². The third-order valence-corrected chi connectivity index (χ3v) is 9.04. The van der Waals surface area contributed by atoms with E-state index in [9.17, 15) is 14.4 Å². The van der Waals surface area contributed by atoms with Gasteiger partial charge in [-0.05, 0) is 80.8 Å². The second kappa shape index (κ2) is 13.0. The van der Waals surface area contributed by atoms with Crippen molar-refractivity contribution in [3.8, 4) is 5.82 Å². The van der Waals surface area contributed by atoms with Gasteiger partial charge in [0.05, 0.1) is 11.2 Å². The maximum absolute atomic E-state index is 13.8. The minimum atomic E-state index is -1.10. The lowest BCUT2D eigenvalue weighted by Crippen LogP contribution is -2.61. The van der Waals surface area contributed by atoms with Crippen molar-refractivity contribution in [3.63, 3.8) is 0 Å². The molecule has 1 saturated carbocycles. The van der Waals surface area contributed by atoms with E-state index in [4.69, 9.17) is 10.2 Å². The Morgan fingerprint density at radius 2 is 1.73 bits per heavy atom. The number of likely N-dealkylation sites (tertiary alicyclic amines) is 1. The fourth-order valence-corrected chi connectivity index (χ4v) is 6.46. The highest BCUT2D eigenvalue weighted by Gasteiger charge is 2.42. The molecule has 1 aliphatic carbocycles. The third-order valence-electron chi connectivity index (χ3n) is 9.04. The van der Waals surface area contributed by atoms with Crippen molar-refractivity contribution in [3.05, 3.63) is 89.8 Å². The van der Waals surface area contributed by atoms with Crippen LogP contribution in [0.1, 0.15) is 72.5 Å². The van der Waals surface area contributed by atoms with Crippen LogP contribution in [0.4, 0.5) is 5.69 Å². The summed E-state index contributed by atoms with van der Waals surface area (Å²) >= 11 is 0. The number of carboxylic acid groups (broad SMARTS) is 1. The van der Waals surface area contributed by atoms with E-state index in [0.717, 1.165) is 41.3 Å². The van der Waals surface area contributed by atoms with Crippen LogP contribution in [0, 0.1) is 0 Å². The number of nitrogens with zero attached hydrogens (tertiary/aromatic N) is 4. The number of pyridine rings is 1. The van der Waals surface area contributed by atoms with Gasteiger partial charge in [-0.15, -0.1) is 0 Å². The van der Waals surface area contributed by atoms with Crippen LogP contribution in [0.2, 0.25) is 0 Å². The van der Waals surface area contributed by atoms with Crippen LogP contribution >= 0.6 is 0 Å². The molecule has 0 bridgehead atoms. The topological polar surface area (TPSA) is 129 Å². The largest absolute Gasteiger partial charge is 0.478 e. The molecule has 45 heavy (non-hydrogen) atoms. The highest BCUT2D eigenvalue weighted by atomic mass is 16.4. The van der Waals surface area contributed by atoms with Crippen molar-refractivity contribution in [2.24, 2.45) is 0 Å². The molecule has 6 rings (SSSR count). The maximum Gasteiger partial charge on any atom is 0.328 e. The van der Waals surface area contributed by atoms with Crippen molar-refractivity contribution in [2.45, 2.75) is 56.4 Å². The third kappa shape index (κ3) is 6.66. The standard InChI is InChI=1S/C35H38N6O4/c1-40-21-18-35(19-22-40,34(45)37-27-14-10-24(11-15-27)12-17-31(42)43)38-33(44)26-13-16-28-29(23-26)39-41(30-9-5-6-20-36-30)32(28)25-7-3-2-4-8-25/h5-6,9-17,20,23,25H,2-4,7-8,18-19,21-22H2,1H3,(H,37,45)(H,38,44)(H,42,43). The minimum absolute atomic E-state index is 0.280. The fraction of sp³-hybridized carbons (Fsp3) is 0.343. The summed E-state index contributed by atoms with van der Waals surface area (Å²) in [5, 5.41) is 20.9. The average molecular weight is 607 g/mol. The summed E-state index contributed by atoms with van der Waals surface area (Å²) in [5.41, 5.74) is 2.49. The van der Waals surface area contributed by atoms with E-state index >= 15 is 0 Å². The Kier molecular flexibility index (Phi) is 8.75. The van der Waals surface area contributed by atoms with Gasteiger partial charge < -0.3 is 20.6 Å². The fourth-order valence-electron chi connectivity index (χ4n) is 6.46. The second-order valence-electron chi connectivity index (χ2n) is 12.1. The number of nitrogens with one attached hydrogen (secondary N) is 2. The van der Waals surface area contributed by atoms with Crippen LogP contribution in [-0.2, 0) is 9.59 Å². The van der Waals surface area contributed by atoms with Crippen molar-refractivity contribution in [1.82, 2.24) is 25.0 Å². The normalized spacial score (nSPS) is 17.4. The molecule has 2 aromatic carbocycles. The van der Waals surface area contributed by atoms with Gasteiger partial charge in [0.1, 0.15) is 5.54 Å². The second-order valence-corrected chi connectivity index (χ2v) is 12.1. The first-order valence-electron chi connectivity index (χ1n) is 15.6. The first-order chi connectivity index (χ1) is 21.8. The molecule has 4 aromatic rings. The molecule has 10 heteroatoms. The van der Waals surface area contributed by atoms with Crippen molar-refractivity contribution in [1.29, 1.82) is 0 Å². The predicted octanol–water partition coefficient (Wildman–Crippen LogP) is 5.40. The van der Waals surface area contributed by atoms with Gasteiger partial charge in [-0.1, -0.05) is 43.5 Å². The molecular formula is C35H38N6O4. The summed E-state index contributed by atoms with van der Waals surface area (Å²) in [6.07, 6.45) is 11.1. The molecule has 3 heterocycles. The Balaban J connectivity index is 1.27. The molecule has 1 saturated heterocycles. The number of fused-ring (bicyclic) bond motifs is 1. The summed E-state index contributed by atoms with van der Waals surface area (Å²) in [7, 11) is 2.00. The Bertz CT molecular complexity index is 1720. The molecule has 2 aliphatic rings. The number of carbonyl (C=O) groups excluding carboxylic acids is 2. The number of carboxylic acids is 1. The molecule has 1 aliphatic heterocycles. The summed E-state index contributed by atoms with van der Waals surface area (Å²) in [4.78, 5) is 45.2. The van der Waals surface area contributed by atoms with E-state index in [1.807, 2.05) is 48.1 Å². The van der Waals surface area contributed by atoms with Crippen LogP contribution in [0.25, 0.3) is 22.8 Å². The van der Waals surface area contributed by atoms with Crippen molar-refractivity contribution < 1.29 is 19.5 Å². The maximum atomic E-state index is 13.8.